The molecule has 1 aromatic rings. The van der Waals surface area contributed by atoms with Gasteiger partial charge in [-0.2, -0.15) is 24.0 Å². The minimum Gasteiger partial charge on any atom is -0.214 e. The Morgan fingerprint density at radius 2 is 1.73 bits per heavy atom. The fourth-order valence-corrected chi connectivity index (χ4v) is 2.03. The van der Waals surface area contributed by atoms with E-state index in [1.54, 1.807) is 0 Å². The zero-order chi connectivity index (χ0) is 11.9. The van der Waals surface area contributed by atoms with Crippen molar-refractivity contribution in [3.8, 4) is 0 Å². The molecule has 5 heteroatoms. The largest absolute Gasteiger partial charge is 0.214 e. The van der Waals surface area contributed by atoms with E-state index in [1.807, 2.05) is 30.3 Å². The molecule has 0 aliphatic rings. The topological polar surface area (TPSA) is 0 Å². The second-order valence-electron chi connectivity index (χ2n) is 3.05. The molecule has 0 amide bonds. The molecule has 0 unspecified atom stereocenters. The molecule has 0 aliphatic heterocycles. The number of rotatable bonds is 3. The van der Waals surface area contributed by atoms with E-state index in [0.29, 0.717) is 0 Å². The van der Waals surface area contributed by atoms with Gasteiger partial charge in [-0.05, 0) is 14.3 Å². The van der Waals surface area contributed by atoms with Crippen LogP contribution in [-0.2, 0) is 29.7 Å². The fourth-order valence-electron chi connectivity index (χ4n) is 0.746. The van der Waals surface area contributed by atoms with E-state index in [1.165, 1.54) is 12.6 Å². The molecule has 0 aromatic heterocycles. The van der Waals surface area contributed by atoms with Crippen molar-refractivity contribution in [3.63, 3.8) is 0 Å². The summed E-state index contributed by atoms with van der Waals surface area (Å²) in [5, 5.41) is 0. The average Bonchev–Trinajstić information content (AvgIpc) is 2.73. The van der Waals surface area contributed by atoms with E-state index in [0.717, 1.165) is 5.75 Å². The van der Waals surface area contributed by atoms with Crippen LogP contribution in [-0.4, -0.2) is 25.2 Å². The third-order valence-corrected chi connectivity index (χ3v) is 3.02. The van der Waals surface area contributed by atoms with Gasteiger partial charge in [0.25, 0.3) is 0 Å². The number of halogens is 2. The summed E-state index contributed by atoms with van der Waals surface area (Å²) in [5.41, 5.74) is 0. The van der Waals surface area contributed by atoms with Crippen LogP contribution >= 0.6 is 26.5 Å². The first-order valence-electron chi connectivity index (χ1n) is 4.69. The fraction of sp³-hybridized carbons (Fsp3) is 0.500. The molecule has 0 bridgehead atoms. The molecule has 0 atom stereocenters. The van der Waals surface area contributed by atoms with Crippen LogP contribution in [0.25, 0.3) is 0 Å². The third kappa shape index (κ3) is 25.6. The number of hydrogen-bond donors (Lipinski definition) is 0. The van der Waals surface area contributed by atoms with Crippen LogP contribution in [0, 0.1) is 0 Å². The molecule has 0 spiro atoms. The van der Waals surface area contributed by atoms with Crippen molar-refractivity contribution in [1.29, 1.82) is 0 Å². The smallest absolute Gasteiger partial charge is 0.172 e. The van der Waals surface area contributed by atoms with Gasteiger partial charge in [0, 0.05) is 13.3 Å². The van der Waals surface area contributed by atoms with Gasteiger partial charge in [-0.1, -0.05) is 0 Å². The Kier molecular flexibility index (Phi) is 22.3. The molecule has 0 saturated heterocycles. The zero-order valence-corrected chi connectivity index (χ0v) is 14.1. The van der Waals surface area contributed by atoms with Gasteiger partial charge in [0.15, 0.2) is 0 Å². The third-order valence-electron chi connectivity index (χ3n) is 1.38. The van der Waals surface area contributed by atoms with Crippen molar-refractivity contribution in [2.45, 2.75) is 6.42 Å². The van der Waals surface area contributed by atoms with E-state index in [2.05, 4.69) is 13.3 Å². The molecule has 0 N–H and O–H groups in total. The van der Waals surface area contributed by atoms with Crippen LogP contribution in [0.4, 0.5) is 0 Å². The van der Waals surface area contributed by atoms with Gasteiger partial charge < -0.3 is 12.6 Å². The van der Waals surface area contributed by atoms with Crippen LogP contribution < -0.4 is 0 Å². The van der Waals surface area contributed by atoms with E-state index in [-0.39, 0.29) is 7.92 Å². The summed E-state index contributed by atoms with van der Waals surface area (Å²) < 4.78 is 0. The standard InChI is InChI=1S/C5H13PS.C5H5.2ClH.Ti/c1-6(2)4-3-5-7;1-2-4-5-3-1;;;/h7H,3-5H2,1-2H3;1-5H;2*1H;/q;-1;;;+2/p-2. The molecule has 0 fully saturated rings. The molecular weight excluding hydrogens is 302 g/mol. The second kappa shape index (κ2) is 17.8. The Balaban J connectivity index is 0. The first kappa shape index (κ1) is 18.8. The van der Waals surface area contributed by atoms with Crippen molar-refractivity contribution in [2.24, 2.45) is 0 Å². The maximum absolute atomic E-state index is 4.89. The molecule has 1 rings (SSSR count). The SMILES string of the molecule is C[PH+](C)CCC[S-].[Cl][Ti][Cl].c1cc[cH-]c1. The predicted octanol–water partition coefficient (Wildman–Crippen LogP) is 4.18. The monoisotopic (exact) mass is 319 g/mol. The predicted molar refractivity (Wildman–Crippen MR) is 75.6 cm³/mol. The Bertz CT molecular complexity index is 155. The molecule has 0 aliphatic carbocycles. The molecular formula is C10H18Cl2PSTi-. The van der Waals surface area contributed by atoms with E-state index >= 15 is 0 Å². The zero-order valence-electron chi connectivity index (χ0n) is 9.17. The summed E-state index contributed by atoms with van der Waals surface area (Å²) in [6, 6.07) is 10.0. The van der Waals surface area contributed by atoms with Gasteiger partial charge in [0.05, 0.1) is 6.16 Å². The van der Waals surface area contributed by atoms with Crippen LogP contribution in [0.1, 0.15) is 6.42 Å². The van der Waals surface area contributed by atoms with Crippen LogP contribution in [0.5, 0.6) is 0 Å². The summed E-state index contributed by atoms with van der Waals surface area (Å²) in [5.74, 6) is 0.954. The second-order valence-corrected chi connectivity index (χ2v) is 8.95. The maximum Gasteiger partial charge on any atom is -0.172 e. The Morgan fingerprint density at radius 3 is 1.87 bits per heavy atom. The van der Waals surface area contributed by atoms with Gasteiger partial charge in [-0.3, -0.25) is 0 Å². The molecule has 0 saturated carbocycles. The summed E-state index contributed by atoms with van der Waals surface area (Å²) in [7, 11) is 9.81. The average molecular weight is 320 g/mol. The van der Waals surface area contributed by atoms with Crippen molar-refractivity contribution in [3.05, 3.63) is 30.3 Å². The Morgan fingerprint density at radius 1 is 1.27 bits per heavy atom. The Hall–Kier alpha value is 1.42. The van der Waals surface area contributed by atoms with Crippen molar-refractivity contribution >= 4 is 39.2 Å². The Labute approximate surface area is 117 Å². The summed E-state index contributed by atoms with van der Waals surface area (Å²) in [4.78, 5) is 0. The van der Waals surface area contributed by atoms with Gasteiger partial charge in [0.2, 0.25) is 0 Å². The van der Waals surface area contributed by atoms with Crippen LogP contribution in [0.15, 0.2) is 30.3 Å². The number of hydrogen-bond acceptors (Lipinski definition) is 1. The minimum atomic E-state index is -0.556. The normalized spacial score (nSPS) is 8.40. The first-order chi connectivity index (χ1) is 7.18. The molecule has 1 aromatic carbocycles. The molecule has 0 nitrogen and oxygen atoms in total. The maximum atomic E-state index is 4.89. The minimum absolute atomic E-state index is 0.0361. The van der Waals surface area contributed by atoms with Gasteiger partial charge >= 0.3 is 35.6 Å². The summed E-state index contributed by atoms with van der Waals surface area (Å²) in [6.45, 7) is 4.66. The quantitative estimate of drug-likeness (QED) is 0.348. The molecule has 88 valence electrons. The summed E-state index contributed by atoms with van der Waals surface area (Å²) in [6.07, 6.45) is 2.66. The first-order valence-corrected chi connectivity index (χ1v) is 12.3. The van der Waals surface area contributed by atoms with Crippen molar-refractivity contribution < 1.29 is 17.0 Å². The van der Waals surface area contributed by atoms with Gasteiger partial charge in [-0.15, -0.1) is 0 Å². The molecule has 0 heterocycles. The van der Waals surface area contributed by atoms with E-state index in [9.17, 15) is 0 Å². The van der Waals surface area contributed by atoms with Crippen LogP contribution in [0.2, 0.25) is 0 Å². The van der Waals surface area contributed by atoms with Crippen molar-refractivity contribution in [2.75, 3.05) is 25.2 Å². The molecule has 0 radical (unpaired) electrons. The summed E-state index contributed by atoms with van der Waals surface area (Å²) >= 11 is 4.23. The van der Waals surface area contributed by atoms with E-state index in [4.69, 9.17) is 31.2 Å². The van der Waals surface area contributed by atoms with Gasteiger partial charge in [0.1, 0.15) is 0 Å². The van der Waals surface area contributed by atoms with Crippen molar-refractivity contribution in [1.82, 2.24) is 0 Å². The van der Waals surface area contributed by atoms with Gasteiger partial charge in [-0.25, -0.2) is 12.1 Å². The van der Waals surface area contributed by atoms with E-state index < -0.39 is 17.0 Å². The molecule has 15 heavy (non-hydrogen) atoms. The van der Waals surface area contributed by atoms with Crippen LogP contribution in [0.3, 0.4) is 0 Å².